The van der Waals surface area contributed by atoms with Crippen LogP contribution in [0.15, 0.2) is 60.0 Å². The van der Waals surface area contributed by atoms with E-state index in [0.29, 0.717) is 34.4 Å². The number of imide groups is 1. The van der Waals surface area contributed by atoms with E-state index in [9.17, 15) is 14.4 Å². The fourth-order valence-electron chi connectivity index (χ4n) is 4.37. The second kappa shape index (κ2) is 11.0. The minimum Gasteiger partial charge on any atom is -0.493 e. The van der Waals surface area contributed by atoms with Gasteiger partial charge in [0.05, 0.1) is 31.2 Å². The molecule has 1 unspecified atom stereocenters. The van der Waals surface area contributed by atoms with E-state index in [1.54, 1.807) is 38.5 Å². The predicted molar refractivity (Wildman–Crippen MR) is 140 cm³/mol. The third-order valence-corrected chi connectivity index (χ3v) is 7.26. The lowest BCUT2D eigenvalue weighted by Gasteiger charge is -2.27. The van der Waals surface area contributed by atoms with Crippen LogP contribution in [-0.2, 0) is 16.0 Å². The molecule has 3 aromatic rings. The molecule has 7 nitrogen and oxygen atoms in total. The number of hydrogen-bond acceptors (Lipinski definition) is 6. The van der Waals surface area contributed by atoms with Gasteiger partial charge in [-0.1, -0.05) is 38.1 Å². The molecule has 1 aliphatic heterocycles. The number of amides is 3. The summed E-state index contributed by atoms with van der Waals surface area (Å²) in [5, 5.41) is 1.82. The third kappa shape index (κ3) is 5.14. The molecule has 2 aromatic carbocycles. The number of benzene rings is 2. The lowest BCUT2D eigenvalue weighted by atomic mass is 10.0. The molecule has 0 radical (unpaired) electrons. The number of nitrogens with zero attached hydrogens (tertiary/aromatic N) is 2. The van der Waals surface area contributed by atoms with Gasteiger partial charge in [0.1, 0.15) is 6.04 Å². The lowest BCUT2D eigenvalue weighted by Crippen LogP contribution is -2.46. The van der Waals surface area contributed by atoms with Gasteiger partial charge >= 0.3 is 0 Å². The number of carbonyl (C=O) groups is 3. The van der Waals surface area contributed by atoms with Crippen LogP contribution >= 0.6 is 11.3 Å². The molecule has 1 aliphatic rings. The Bertz CT molecular complexity index is 1240. The van der Waals surface area contributed by atoms with Crippen LogP contribution in [0.3, 0.4) is 0 Å². The minimum absolute atomic E-state index is 0.0478. The molecule has 0 N–H and O–H groups in total. The van der Waals surface area contributed by atoms with E-state index in [0.717, 1.165) is 11.1 Å². The van der Waals surface area contributed by atoms with Gasteiger partial charge in [0.2, 0.25) is 5.91 Å². The summed E-state index contributed by atoms with van der Waals surface area (Å²) in [6, 6.07) is 15.7. The van der Waals surface area contributed by atoms with Gasteiger partial charge in [-0.05, 0) is 59.2 Å². The van der Waals surface area contributed by atoms with Crippen molar-refractivity contribution < 1.29 is 23.9 Å². The normalized spacial score (nSPS) is 15.5. The summed E-state index contributed by atoms with van der Waals surface area (Å²) in [7, 11) is 3.14. The number of methoxy groups -OCH3 is 2. The van der Waals surface area contributed by atoms with E-state index < -0.39 is 6.04 Å². The zero-order valence-corrected chi connectivity index (χ0v) is 21.7. The first kappa shape index (κ1) is 25.4. The third-order valence-electron chi connectivity index (χ3n) is 6.40. The Morgan fingerprint density at radius 1 is 1.06 bits per heavy atom. The van der Waals surface area contributed by atoms with E-state index in [-0.39, 0.29) is 30.7 Å². The van der Waals surface area contributed by atoms with Crippen LogP contribution < -0.4 is 14.4 Å². The highest BCUT2D eigenvalue weighted by atomic mass is 32.1. The van der Waals surface area contributed by atoms with Gasteiger partial charge in [0.15, 0.2) is 11.5 Å². The standard InChI is InChI=1S/C28H30N2O5S/c1-18(2)20-8-10-21(11-9-20)30-26(31)17-22(27(30)32)29(28(33)25-6-5-15-36-25)14-13-19-7-12-23(34-3)24(16-19)35-4/h5-12,15-16,18,22H,13-14,17H2,1-4H3. The van der Waals surface area contributed by atoms with Crippen molar-refractivity contribution in [3.05, 3.63) is 76.0 Å². The van der Waals surface area contributed by atoms with Crippen LogP contribution in [0.1, 0.15) is 47.0 Å². The van der Waals surface area contributed by atoms with E-state index in [4.69, 9.17) is 9.47 Å². The fraction of sp³-hybridized carbons (Fsp3) is 0.321. The Kier molecular flexibility index (Phi) is 7.74. The van der Waals surface area contributed by atoms with Crippen molar-refractivity contribution in [2.75, 3.05) is 25.7 Å². The predicted octanol–water partition coefficient (Wildman–Crippen LogP) is 4.91. The first-order valence-electron chi connectivity index (χ1n) is 11.9. The summed E-state index contributed by atoms with van der Waals surface area (Å²) in [6.07, 6.45) is 0.437. The Balaban J connectivity index is 1.59. The molecule has 0 bridgehead atoms. The maximum atomic E-state index is 13.5. The first-order chi connectivity index (χ1) is 17.3. The molecule has 0 aliphatic carbocycles. The molecule has 1 atom stereocenters. The van der Waals surface area contributed by atoms with Crippen molar-refractivity contribution in [1.29, 1.82) is 0 Å². The van der Waals surface area contributed by atoms with Gasteiger partial charge in [0, 0.05) is 6.54 Å². The van der Waals surface area contributed by atoms with Crippen molar-refractivity contribution in [3.8, 4) is 11.5 Å². The van der Waals surface area contributed by atoms with Gasteiger partial charge in [-0.2, -0.15) is 0 Å². The molecule has 1 saturated heterocycles. The van der Waals surface area contributed by atoms with Crippen LogP contribution in [0.25, 0.3) is 0 Å². The second-order valence-corrected chi connectivity index (χ2v) is 9.90. The maximum Gasteiger partial charge on any atom is 0.264 e. The van der Waals surface area contributed by atoms with Crippen molar-refractivity contribution >= 4 is 34.7 Å². The lowest BCUT2D eigenvalue weighted by molar-refractivity contribution is -0.122. The molecule has 0 saturated carbocycles. The highest BCUT2D eigenvalue weighted by molar-refractivity contribution is 7.12. The Hall–Kier alpha value is -3.65. The summed E-state index contributed by atoms with van der Waals surface area (Å²) in [4.78, 5) is 43.3. The quantitative estimate of drug-likeness (QED) is 0.386. The van der Waals surface area contributed by atoms with Crippen molar-refractivity contribution in [2.24, 2.45) is 0 Å². The molecular formula is C28H30N2O5S. The van der Waals surface area contributed by atoms with Gasteiger partial charge in [-0.15, -0.1) is 11.3 Å². The minimum atomic E-state index is -0.864. The smallest absolute Gasteiger partial charge is 0.264 e. The Labute approximate surface area is 215 Å². The summed E-state index contributed by atoms with van der Waals surface area (Å²) in [6.45, 7) is 4.45. The molecule has 8 heteroatoms. The molecule has 2 heterocycles. The van der Waals surface area contributed by atoms with Crippen LogP contribution in [0.5, 0.6) is 11.5 Å². The van der Waals surface area contributed by atoms with E-state index in [1.807, 2.05) is 35.7 Å². The number of anilines is 1. The van der Waals surface area contributed by atoms with E-state index >= 15 is 0 Å². The number of thiophene rings is 1. The zero-order valence-electron chi connectivity index (χ0n) is 20.9. The molecule has 36 heavy (non-hydrogen) atoms. The maximum absolute atomic E-state index is 13.5. The second-order valence-electron chi connectivity index (χ2n) is 8.95. The molecule has 1 fully saturated rings. The number of carbonyl (C=O) groups excluding carboxylic acids is 3. The monoisotopic (exact) mass is 506 g/mol. The Morgan fingerprint density at radius 3 is 2.39 bits per heavy atom. The van der Waals surface area contributed by atoms with E-state index in [1.165, 1.54) is 21.1 Å². The molecular weight excluding hydrogens is 476 g/mol. The summed E-state index contributed by atoms with van der Waals surface area (Å²) in [5.41, 5.74) is 2.58. The number of rotatable bonds is 9. The molecule has 1 aromatic heterocycles. The topological polar surface area (TPSA) is 76.2 Å². The molecule has 3 amide bonds. The number of hydrogen-bond donors (Lipinski definition) is 0. The van der Waals surface area contributed by atoms with E-state index in [2.05, 4.69) is 13.8 Å². The average Bonchev–Trinajstić information content (AvgIpc) is 3.52. The fourth-order valence-corrected chi connectivity index (χ4v) is 5.04. The van der Waals surface area contributed by atoms with Crippen LogP contribution in [0.2, 0.25) is 0 Å². The molecule has 188 valence electrons. The molecule has 4 rings (SSSR count). The summed E-state index contributed by atoms with van der Waals surface area (Å²) >= 11 is 1.32. The first-order valence-corrected chi connectivity index (χ1v) is 12.7. The Morgan fingerprint density at radius 2 is 1.78 bits per heavy atom. The van der Waals surface area contributed by atoms with Gasteiger partial charge in [-0.3, -0.25) is 14.4 Å². The summed E-state index contributed by atoms with van der Waals surface area (Å²) in [5.74, 6) is 0.602. The highest BCUT2D eigenvalue weighted by Gasteiger charge is 2.44. The number of ether oxygens (including phenoxy) is 2. The average molecular weight is 507 g/mol. The van der Waals surface area contributed by atoms with Crippen LogP contribution in [0, 0.1) is 0 Å². The summed E-state index contributed by atoms with van der Waals surface area (Å²) < 4.78 is 10.7. The zero-order chi connectivity index (χ0) is 25.8. The largest absolute Gasteiger partial charge is 0.493 e. The van der Waals surface area contributed by atoms with Gasteiger partial charge < -0.3 is 14.4 Å². The highest BCUT2D eigenvalue weighted by Crippen LogP contribution is 2.30. The van der Waals surface area contributed by atoms with Gasteiger partial charge in [-0.25, -0.2) is 4.90 Å². The SMILES string of the molecule is COc1ccc(CCN(C(=O)c2cccs2)C2CC(=O)N(c3ccc(C(C)C)cc3)C2=O)cc1OC. The van der Waals surface area contributed by atoms with Gasteiger partial charge in [0.25, 0.3) is 11.8 Å². The van der Waals surface area contributed by atoms with Crippen molar-refractivity contribution in [2.45, 2.75) is 38.6 Å². The van der Waals surface area contributed by atoms with Crippen LogP contribution in [-0.4, -0.2) is 49.4 Å². The molecule has 0 spiro atoms. The van der Waals surface area contributed by atoms with Crippen molar-refractivity contribution in [1.82, 2.24) is 4.90 Å². The van der Waals surface area contributed by atoms with Crippen molar-refractivity contribution in [3.63, 3.8) is 0 Å². The van der Waals surface area contributed by atoms with Crippen LogP contribution in [0.4, 0.5) is 5.69 Å².